The molecule has 2 aromatic heterocycles. The van der Waals surface area contributed by atoms with Gasteiger partial charge in [0, 0.05) is 24.7 Å². The quantitative estimate of drug-likeness (QED) is 0.734. The maximum absolute atomic E-state index is 10.8. The van der Waals surface area contributed by atoms with Gasteiger partial charge in [0.1, 0.15) is 11.6 Å². The van der Waals surface area contributed by atoms with E-state index in [9.17, 15) is 5.11 Å². The molecule has 0 amide bonds. The highest BCUT2D eigenvalue weighted by Crippen LogP contribution is 2.47. The van der Waals surface area contributed by atoms with Gasteiger partial charge in [-0.2, -0.15) is 0 Å². The van der Waals surface area contributed by atoms with Crippen molar-refractivity contribution in [1.29, 1.82) is 0 Å². The third kappa shape index (κ3) is 2.23. The number of rotatable bonds is 1. The molecule has 1 saturated heterocycles. The van der Waals surface area contributed by atoms with Crippen LogP contribution in [-0.2, 0) is 11.8 Å². The molecule has 26 heavy (non-hydrogen) atoms. The van der Waals surface area contributed by atoms with Gasteiger partial charge in [0.25, 0.3) is 0 Å². The third-order valence-corrected chi connectivity index (χ3v) is 6.12. The van der Waals surface area contributed by atoms with Crippen molar-refractivity contribution >= 4 is 16.9 Å². The lowest BCUT2D eigenvalue weighted by Crippen LogP contribution is -2.47. The Bertz CT molecular complexity index is 979. The van der Waals surface area contributed by atoms with Crippen molar-refractivity contribution < 1.29 is 5.11 Å². The maximum Gasteiger partial charge on any atom is 0.164 e. The Hall–Kier alpha value is -2.53. The van der Waals surface area contributed by atoms with Gasteiger partial charge in [-0.05, 0) is 49.4 Å². The van der Waals surface area contributed by atoms with Crippen molar-refractivity contribution in [2.45, 2.75) is 37.7 Å². The second-order valence-corrected chi connectivity index (χ2v) is 7.49. The molecule has 5 heteroatoms. The van der Waals surface area contributed by atoms with Crippen molar-refractivity contribution in [2.75, 3.05) is 18.0 Å². The van der Waals surface area contributed by atoms with Crippen molar-refractivity contribution in [1.82, 2.24) is 15.0 Å². The van der Waals surface area contributed by atoms with Crippen LogP contribution < -0.4 is 4.90 Å². The lowest BCUT2D eigenvalue weighted by molar-refractivity contribution is 0.0780. The van der Waals surface area contributed by atoms with Gasteiger partial charge in [-0.3, -0.25) is 0 Å². The van der Waals surface area contributed by atoms with Crippen molar-refractivity contribution in [3.63, 3.8) is 0 Å². The fourth-order valence-corrected chi connectivity index (χ4v) is 4.78. The number of hydrogen-bond acceptors (Lipinski definition) is 5. The molecule has 1 aliphatic carbocycles. The predicted molar refractivity (Wildman–Crippen MR) is 101 cm³/mol. The Balaban J connectivity index is 1.49. The fraction of sp³-hybridized carbons (Fsp3) is 0.381. The summed E-state index contributed by atoms with van der Waals surface area (Å²) in [5.41, 5.74) is 3.29. The maximum atomic E-state index is 10.8. The number of hydrogen-bond donors (Lipinski definition) is 1. The van der Waals surface area contributed by atoms with E-state index < -0.39 is 0 Å². The van der Waals surface area contributed by atoms with Gasteiger partial charge in [0.2, 0.25) is 0 Å². The molecule has 0 saturated carbocycles. The van der Waals surface area contributed by atoms with Crippen LogP contribution in [0, 0.1) is 6.92 Å². The summed E-state index contributed by atoms with van der Waals surface area (Å²) in [6.45, 7) is 3.68. The van der Waals surface area contributed by atoms with Crippen LogP contribution in [0.1, 0.15) is 29.8 Å². The number of anilines is 1. The summed E-state index contributed by atoms with van der Waals surface area (Å²) < 4.78 is 0. The summed E-state index contributed by atoms with van der Waals surface area (Å²) in [5.74, 6) is 1.72. The van der Waals surface area contributed by atoms with E-state index in [2.05, 4.69) is 39.1 Å². The molecule has 1 atom stereocenters. The molecular formula is C21H22N4O. The first kappa shape index (κ1) is 15.7. The highest BCUT2D eigenvalue weighted by molar-refractivity contribution is 5.86. The van der Waals surface area contributed by atoms with E-state index in [1.807, 2.05) is 19.1 Å². The van der Waals surface area contributed by atoms with Gasteiger partial charge in [0.15, 0.2) is 5.65 Å². The van der Waals surface area contributed by atoms with Crippen LogP contribution in [-0.4, -0.2) is 39.3 Å². The molecule has 2 aliphatic rings. The van der Waals surface area contributed by atoms with E-state index in [4.69, 9.17) is 4.98 Å². The summed E-state index contributed by atoms with van der Waals surface area (Å²) in [6.07, 6.45) is 4.14. The molecule has 5 rings (SSSR count). The molecule has 1 aliphatic heterocycles. The standard InChI is InChI=1S/C21H22N4O/c1-14-23-19-16(6-4-10-22-19)20(24-14)25-11-8-21(9-12-25)17-7-3-2-5-15(17)13-18(21)26/h2-7,10,18,26H,8-9,11-13H2,1H3/t18-/m0/s1. The molecule has 5 nitrogen and oxygen atoms in total. The van der Waals surface area contributed by atoms with E-state index in [-0.39, 0.29) is 11.5 Å². The Morgan fingerprint density at radius 1 is 1.08 bits per heavy atom. The summed E-state index contributed by atoms with van der Waals surface area (Å²) in [5, 5.41) is 11.8. The van der Waals surface area contributed by atoms with Crippen LogP contribution in [0.15, 0.2) is 42.6 Å². The number of aromatic nitrogens is 3. The predicted octanol–water partition coefficient (Wildman–Crippen LogP) is 2.79. The average molecular weight is 346 g/mol. The SMILES string of the molecule is Cc1nc(N2CCC3(CC2)c2ccccc2C[C@@H]3O)c2cccnc2n1. The lowest BCUT2D eigenvalue weighted by atomic mass is 9.72. The Morgan fingerprint density at radius 3 is 2.73 bits per heavy atom. The molecule has 0 radical (unpaired) electrons. The van der Waals surface area contributed by atoms with E-state index in [1.165, 1.54) is 11.1 Å². The molecular weight excluding hydrogens is 324 g/mol. The number of piperidine rings is 1. The number of pyridine rings is 1. The van der Waals surface area contributed by atoms with Crippen molar-refractivity contribution in [3.05, 3.63) is 59.5 Å². The first-order valence-corrected chi connectivity index (χ1v) is 9.28. The molecule has 0 unspecified atom stereocenters. The molecule has 1 fully saturated rings. The minimum Gasteiger partial charge on any atom is -0.392 e. The summed E-state index contributed by atoms with van der Waals surface area (Å²) in [6, 6.07) is 12.5. The normalized spacial score (nSPS) is 21.3. The van der Waals surface area contributed by atoms with Gasteiger partial charge in [-0.25, -0.2) is 15.0 Å². The highest BCUT2D eigenvalue weighted by atomic mass is 16.3. The second kappa shape index (κ2) is 5.74. The second-order valence-electron chi connectivity index (χ2n) is 7.49. The zero-order valence-corrected chi connectivity index (χ0v) is 14.9. The number of aliphatic hydroxyl groups excluding tert-OH is 1. The van der Waals surface area contributed by atoms with E-state index in [0.29, 0.717) is 0 Å². The number of nitrogens with zero attached hydrogens (tertiary/aromatic N) is 4. The summed E-state index contributed by atoms with van der Waals surface area (Å²) in [7, 11) is 0. The monoisotopic (exact) mass is 346 g/mol. The summed E-state index contributed by atoms with van der Waals surface area (Å²) >= 11 is 0. The number of aliphatic hydroxyl groups is 1. The van der Waals surface area contributed by atoms with Crippen LogP contribution >= 0.6 is 0 Å². The van der Waals surface area contributed by atoms with E-state index in [1.54, 1.807) is 6.20 Å². The van der Waals surface area contributed by atoms with Gasteiger partial charge >= 0.3 is 0 Å². The first-order chi connectivity index (χ1) is 12.7. The largest absolute Gasteiger partial charge is 0.392 e. The minimum atomic E-state index is -0.285. The van der Waals surface area contributed by atoms with Crippen molar-refractivity contribution in [2.24, 2.45) is 0 Å². The Morgan fingerprint density at radius 2 is 1.88 bits per heavy atom. The molecule has 132 valence electrons. The van der Waals surface area contributed by atoms with Crippen LogP contribution in [0.2, 0.25) is 0 Å². The topological polar surface area (TPSA) is 62.1 Å². The molecule has 3 heterocycles. The van der Waals surface area contributed by atoms with E-state index in [0.717, 1.165) is 55.0 Å². The Labute approximate surface area is 152 Å². The molecule has 1 N–H and O–H groups in total. The first-order valence-electron chi connectivity index (χ1n) is 9.28. The molecule has 3 aromatic rings. The smallest absolute Gasteiger partial charge is 0.164 e. The molecule has 1 aromatic carbocycles. The zero-order chi connectivity index (χ0) is 17.7. The highest BCUT2D eigenvalue weighted by Gasteiger charge is 2.47. The average Bonchev–Trinajstić information content (AvgIpc) is 2.93. The van der Waals surface area contributed by atoms with Crippen LogP contribution in [0.25, 0.3) is 11.0 Å². The van der Waals surface area contributed by atoms with Crippen LogP contribution in [0.5, 0.6) is 0 Å². The van der Waals surface area contributed by atoms with Gasteiger partial charge < -0.3 is 10.0 Å². The van der Waals surface area contributed by atoms with E-state index >= 15 is 0 Å². The zero-order valence-electron chi connectivity index (χ0n) is 14.9. The lowest BCUT2D eigenvalue weighted by Gasteiger charge is -2.42. The van der Waals surface area contributed by atoms with Gasteiger partial charge in [-0.1, -0.05) is 24.3 Å². The molecule has 0 bridgehead atoms. The number of fused-ring (bicyclic) bond motifs is 3. The number of benzene rings is 1. The van der Waals surface area contributed by atoms with Gasteiger partial charge in [0.05, 0.1) is 11.5 Å². The summed E-state index contributed by atoms with van der Waals surface area (Å²) in [4.78, 5) is 15.9. The van der Waals surface area contributed by atoms with Crippen LogP contribution in [0.3, 0.4) is 0 Å². The molecule has 1 spiro atoms. The minimum absolute atomic E-state index is 0.108. The third-order valence-electron chi connectivity index (χ3n) is 6.12. The van der Waals surface area contributed by atoms with Crippen molar-refractivity contribution in [3.8, 4) is 0 Å². The Kier molecular flexibility index (Phi) is 3.47. The fourth-order valence-electron chi connectivity index (χ4n) is 4.78. The number of aryl methyl sites for hydroxylation is 1. The van der Waals surface area contributed by atoms with Crippen LogP contribution in [0.4, 0.5) is 5.82 Å². The van der Waals surface area contributed by atoms with Gasteiger partial charge in [-0.15, -0.1) is 0 Å².